The molecule has 0 aliphatic carbocycles. The van der Waals surface area contributed by atoms with Gasteiger partial charge >= 0.3 is 6.09 Å². The maximum Gasteiger partial charge on any atom is 0.410 e. The minimum atomic E-state index is -3.26. The van der Waals surface area contributed by atoms with E-state index in [1.54, 1.807) is 0 Å². The standard InChI is InChI=1S/C10H20N2O5S/c1-18(15,16)11-8-9-4-2-3-5-12(9)10(14)17-7-6-13/h9,11,13H,2-8H2,1H3. The van der Waals surface area contributed by atoms with Gasteiger partial charge in [-0.15, -0.1) is 0 Å². The SMILES string of the molecule is CS(=O)(=O)NCC1CCCCN1C(=O)OCCO. The van der Waals surface area contributed by atoms with Crippen LogP contribution in [0, 0.1) is 0 Å². The fraction of sp³-hybridized carbons (Fsp3) is 0.900. The predicted molar refractivity (Wildman–Crippen MR) is 65.6 cm³/mol. The molecule has 7 nitrogen and oxygen atoms in total. The Bertz CT molecular complexity index is 370. The molecule has 1 atom stereocenters. The first-order valence-corrected chi connectivity index (χ1v) is 7.82. The lowest BCUT2D eigenvalue weighted by Gasteiger charge is -2.34. The van der Waals surface area contributed by atoms with Gasteiger partial charge in [-0.1, -0.05) is 0 Å². The molecule has 1 amide bonds. The molecule has 1 aliphatic heterocycles. The second kappa shape index (κ2) is 6.91. The molecule has 0 spiro atoms. The number of amides is 1. The molecule has 1 fully saturated rings. The molecule has 1 unspecified atom stereocenters. The molecule has 0 saturated carbocycles. The molecule has 1 saturated heterocycles. The number of carbonyl (C=O) groups excluding carboxylic acids is 1. The Morgan fingerprint density at radius 3 is 2.83 bits per heavy atom. The van der Waals surface area contributed by atoms with Gasteiger partial charge < -0.3 is 14.7 Å². The van der Waals surface area contributed by atoms with Crippen LogP contribution in [0.25, 0.3) is 0 Å². The van der Waals surface area contributed by atoms with Gasteiger partial charge in [-0.3, -0.25) is 0 Å². The minimum Gasteiger partial charge on any atom is -0.447 e. The van der Waals surface area contributed by atoms with Gasteiger partial charge in [0.1, 0.15) is 6.61 Å². The molecular formula is C10H20N2O5S. The Morgan fingerprint density at radius 2 is 2.22 bits per heavy atom. The van der Waals surface area contributed by atoms with E-state index in [0.717, 1.165) is 25.5 Å². The molecular weight excluding hydrogens is 260 g/mol. The Balaban J connectivity index is 2.53. The Hall–Kier alpha value is -0.860. The quantitative estimate of drug-likeness (QED) is 0.709. The number of aliphatic hydroxyl groups is 1. The monoisotopic (exact) mass is 280 g/mol. The summed E-state index contributed by atoms with van der Waals surface area (Å²) in [5, 5.41) is 8.60. The van der Waals surface area contributed by atoms with Crippen molar-refractivity contribution in [3.8, 4) is 0 Å². The van der Waals surface area contributed by atoms with Crippen LogP contribution in [0.2, 0.25) is 0 Å². The Kier molecular flexibility index (Phi) is 5.83. The van der Waals surface area contributed by atoms with Gasteiger partial charge in [-0.25, -0.2) is 17.9 Å². The first-order valence-electron chi connectivity index (χ1n) is 5.93. The Labute approximate surface area is 107 Å². The zero-order valence-electron chi connectivity index (χ0n) is 10.5. The number of sulfonamides is 1. The van der Waals surface area contributed by atoms with E-state index in [1.807, 2.05) is 0 Å². The summed E-state index contributed by atoms with van der Waals surface area (Å²) in [5.41, 5.74) is 0. The van der Waals surface area contributed by atoms with E-state index in [0.29, 0.717) is 6.54 Å². The van der Waals surface area contributed by atoms with Crippen molar-refractivity contribution in [2.75, 3.05) is 32.6 Å². The summed E-state index contributed by atoms with van der Waals surface area (Å²) in [6.45, 7) is 0.501. The second-order valence-electron chi connectivity index (χ2n) is 4.30. The van der Waals surface area contributed by atoms with Crippen LogP contribution in [0.5, 0.6) is 0 Å². The highest BCUT2D eigenvalue weighted by atomic mass is 32.2. The molecule has 0 aromatic carbocycles. The van der Waals surface area contributed by atoms with Gasteiger partial charge in [0.25, 0.3) is 0 Å². The number of hydrogen-bond donors (Lipinski definition) is 2. The van der Waals surface area contributed by atoms with E-state index in [2.05, 4.69) is 4.72 Å². The van der Waals surface area contributed by atoms with Crippen molar-refractivity contribution in [1.82, 2.24) is 9.62 Å². The van der Waals surface area contributed by atoms with Crippen molar-refractivity contribution < 1.29 is 23.1 Å². The third-order valence-corrected chi connectivity index (χ3v) is 3.45. The molecule has 1 rings (SSSR count). The second-order valence-corrected chi connectivity index (χ2v) is 6.13. The molecule has 0 bridgehead atoms. The molecule has 106 valence electrons. The van der Waals surface area contributed by atoms with Gasteiger partial charge in [0.15, 0.2) is 0 Å². The number of hydrogen-bond acceptors (Lipinski definition) is 5. The lowest BCUT2D eigenvalue weighted by atomic mass is 10.0. The summed E-state index contributed by atoms with van der Waals surface area (Å²) in [6, 6.07) is -0.181. The van der Waals surface area contributed by atoms with Crippen LogP contribution in [0.4, 0.5) is 4.79 Å². The van der Waals surface area contributed by atoms with E-state index < -0.39 is 16.1 Å². The molecule has 0 radical (unpaired) electrons. The maximum absolute atomic E-state index is 11.7. The fourth-order valence-corrected chi connectivity index (χ4v) is 2.41. The van der Waals surface area contributed by atoms with Gasteiger partial charge in [0, 0.05) is 19.1 Å². The normalized spacial score (nSPS) is 20.8. The highest BCUT2D eigenvalue weighted by Crippen LogP contribution is 2.17. The summed E-state index contributed by atoms with van der Waals surface area (Å²) in [5.74, 6) is 0. The molecule has 1 aliphatic rings. The average molecular weight is 280 g/mol. The fourth-order valence-electron chi connectivity index (χ4n) is 1.92. The lowest BCUT2D eigenvalue weighted by molar-refractivity contribution is 0.0615. The summed E-state index contributed by atoms with van der Waals surface area (Å²) >= 11 is 0. The first-order chi connectivity index (χ1) is 8.44. The van der Waals surface area contributed by atoms with Crippen molar-refractivity contribution in [2.45, 2.75) is 25.3 Å². The van der Waals surface area contributed by atoms with Crippen LogP contribution in [-0.4, -0.2) is 63.1 Å². The van der Waals surface area contributed by atoms with Crippen LogP contribution in [0.15, 0.2) is 0 Å². The van der Waals surface area contributed by atoms with Gasteiger partial charge in [0.2, 0.25) is 10.0 Å². The summed E-state index contributed by atoms with van der Waals surface area (Å²) in [7, 11) is -3.26. The van der Waals surface area contributed by atoms with Crippen LogP contribution in [0.3, 0.4) is 0 Å². The van der Waals surface area contributed by atoms with E-state index in [1.165, 1.54) is 4.90 Å². The number of carbonyl (C=O) groups is 1. The average Bonchev–Trinajstić information content (AvgIpc) is 2.33. The third-order valence-electron chi connectivity index (χ3n) is 2.76. The highest BCUT2D eigenvalue weighted by Gasteiger charge is 2.28. The van der Waals surface area contributed by atoms with Crippen LogP contribution in [0.1, 0.15) is 19.3 Å². The van der Waals surface area contributed by atoms with Gasteiger partial charge in [-0.05, 0) is 19.3 Å². The number of piperidine rings is 1. The predicted octanol–water partition coefficient (Wildman–Crippen LogP) is -0.481. The van der Waals surface area contributed by atoms with Crippen molar-refractivity contribution >= 4 is 16.1 Å². The number of aliphatic hydroxyl groups excluding tert-OH is 1. The highest BCUT2D eigenvalue weighted by molar-refractivity contribution is 7.88. The van der Waals surface area contributed by atoms with Crippen LogP contribution < -0.4 is 4.72 Å². The molecule has 18 heavy (non-hydrogen) atoms. The van der Waals surface area contributed by atoms with Crippen molar-refractivity contribution in [3.05, 3.63) is 0 Å². The molecule has 2 N–H and O–H groups in total. The number of nitrogens with one attached hydrogen (secondary N) is 1. The number of rotatable bonds is 5. The molecule has 0 aromatic heterocycles. The zero-order valence-corrected chi connectivity index (χ0v) is 11.3. The zero-order chi connectivity index (χ0) is 13.6. The number of ether oxygens (including phenoxy) is 1. The maximum atomic E-state index is 11.7. The van der Waals surface area contributed by atoms with Crippen molar-refractivity contribution in [3.63, 3.8) is 0 Å². The summed E-state index contributed by atoms with van der Waals surface area (Å²) in [4.78, 5) is 13.2. The van der Waals surface area contributed by atoms with Gasteiger partial charge in [0.05, 0.1) is 12.9 Å². The minimum absolute atomic E-state index is 0.0401. The molecule has 0 aromatic rings. The first kappa shape index (κ1) is 15.2. The van der Waals surface area contributed by atoms with E-state index >= 15 is 0 Å². The van der Waals surface area contributed by atoms with E-state index in [4.69, 9.17) is 9.84 Å². The van der Waals surface area contributed by atoms with E-state index in [-0.39, 0.29) is 25.8 Å². The van der Waals surface area contributed by atoms with Crippen LogP contribution >= 0.6 is 0 Å². The van der Waals surface area contributed by atoms with Gasteiger partial charge in [-0.2, -0.15) is 0 Å². The number of nitrogens with zero attached hydrogens (tertiary/aromatic N) is 1. The number of likely N-dealkylation sites (tertiary alicyclic amines) is 1. The lowest BCUT2D eigenvalue weighted by Crippen LogP contribution is -2.49. The molecule has 8 heteroatoms. The third kappa shape index (κ3) is 5.19. The van der Waals surface area contributed by atoms with Crippen LogP contribution in [-0.2, 0) is 14.8 Å². The topological polar surface area (TPSA) is 95.9 Å². The van der Waals surface area contributed by atoms with E-state index in [9.17, 15) is 13.2 Å². The van der Waals surface area contributed by atoms with Crippen molar-refractivity contribution in [1.29, 1.82) is 0 Å². The summed E-state index contributed by atoms with van der Waals surface area (Å²) < 4.78 is 29.3. The Morgan fingerprint density at radius 1 is 1.50 bits per heavy atom. The smallest absolute Gasteiger partial charge is 0.410 e. The van der Waals surface area contributed by atoms with Crippen molar-refractivity contribution in [2.24, 2.45) is 0 Å². The molecule has 1 heterocycles. The summed E-state index contributed by atoms with van der Waals surface area (Å²) in [6.07, 6.45) is 3.17. The largest absolute Gasteiger partial charge is 0.447 e.